The molecular formula is C15H22N2O2. The third-order valence-electron chi connectivity index (χ3n) is 3.84. The van der Waals surface area contributed by atoms with Crippen LogP contribution in [0.25, 0.3) is 0 Å². The van der Waals surface area contributed by atoms with Crippen LogP contribution in [0.5, 0.6) is 0 Å². The minimum atomic E-state index is -0.173. The summed E-state index contributed by atoms with van der Waals surface area (Å²) in [5.74, 6) is 0. The largest absolute Gasteiger partial charge is 0.396 e. The Morgan fingerprint density at radius 3 is 2.53 bits per heavy atom. The number of hydrogen-bond acceptors (Lipinski definition) is 2. The molecule has 0 aromatic heterocycles. The van der Waals surface area contributed by atoms with Crippen molar-refractivity contribution in [1.29, 1.82) is 0 Å². The van der Waals surface area contributed by atoms with Crippen LogP contribution in [0, 0.1) is 12.3 Å². The minimum absolute atomic E-state index is 0.0233. The van der Waals surface area contributed by atoms with E-state index in [0.29, 0.717) is 6.54 Å². The Morgan fingerprint density at radius 2 is 2.00 bits per heavy atom. The molecule has 0 aliphatic heterocycles. The van der Waals surface area contributed by atoms with E-state index >= 15 is 0 Å². The molecule has 1 aliphatic rings. The Bertz CT molecular complexity index is 438. The van der Waals surface area contributed by atoms with Crippen LogP contribution in [-0.4, -0.2) is 24.3 Å². The quantitative estimate of drug-likeness (QED) is 0.761. The maximum atomic E-state index is 11.8. The van der Waals surface area contributed by atoms with E-state index in [1.165, 1.54) is 5.56 Å². The number of nitrogens with one attached hydrogen (secondary N) is 2. The number of carbonyl (C=O) groups is 1. The fraction of sp³-hybridized carbons (Fsp3) is 0.533. The van der Waals surface area contributed by atoms with Crippen LogP contribution in [0.4, 0.5) is 4.79 Å². The average molecular weight is 262 g/mol. The van der Waals surface area contributed by atoms with E-state index < -0.39 is 0 Å². The molecule has 1 aromatic carbocycles. The normalized spacial score (nSPS) is 17.6. The Labute approximate surface area is 114 Å². The van der Waals surface area contributed by atoms with E-state index in [9.17, 15) is 9.90 Å². The van der Waals surface area contributed by atoms with E-state index in [1.807, 2.05) is 38.1 Å². The van der Waals surface area contributed by atoms with Gasteiger partial charge < -0.3 is 15.7 Å². The molecule has 3 N–H and O–H groups in total. The molecule has 1 aromatic rings. The van der Waals surface area contributed by atoms with Gasteiger partial charge in [-0.1, -0.05) is 29.8 Å². The molecule has 1 atom stereocenters. The molecule has 0 bridgehead atoms. The van der Waals surface area contributed by atoms with Gasteiger partial charge in [-0.3, -0.25) is 0 Å². The summed E-state index contributed by atoms with van der Waals surface area (Å²) in [5.41, 5.74) is 2.24. The smallest absolute Gasteiger partial charge is 0.315 e. The average Bonchev–Trinajstić information content (AvgIpc) is 3.18. The van der Waals surface area contributed by atoms with Gasteiger partial charge in [-0.25, -0.2) is 4.79 Å². The zero-order valence-corrected chi connectivity index (χ0v) is 11.6. The molecule has 1 aliphatic carbocycles. The summed E-state index contributed by atoms with van der Waals surface area (Å²) in [6.07, 6.45) is 1.99. The van der Waals surface area contributed by atoms with E-state index in [-0.39, 0.29) is 24.1 Å². The summed E-state index contributed by atoms with van der Waals surface area (Å²) in [6.45, 7) is 4.71. The van der Waals surface area contributed by atoms with Gasteiger partial charge in [0, 0.05) is 12.0 Å². The van der Waals surface area contributed by atoms with Gasteiger partial charge in [0.1, 0.15) is 0 Å². The van der Waals surface area contributed by atoms with Gasteiger partial charge in [-0.05, 0) is 32.3 Å². The lowest BCUT2D eigenvalue weighted by molar-refractivity contribution is 0.202. The number of aliphatic hydroxyl groups excluding tert-OH is 1. The van der Waals surface area contributed by atoms with Crippen molar-refractivity contribution < 1.29 is 9.90 Å². The molecule has 0 spiro atoms. The van der Waals surface area contributed by atoms with Crippen molar-refractivity contribution in [3.63, 3.8) is 0 Å². The van der Waals surface area contributed by atoms with Gasteiger partial charge in [-0.15, -0.1) is 0 Å². The van der Waals surface area contributed by atoms with Crippen LogP contribution < -0.4 is 10.6 Å². The molecular weight excluding hydrogens is 240 g/mol. The van der Waals surface area contributed by atoms with Crippen molar-refractivity contribution in [1.82, 2.24) is 10.6 Å². The summed E-state index contributed by atoms with van der Waals surface area (Å²) in [7, 11) is 0. The Kier molecular flexibility index (Phi) is 4.10. The lowest BCUT2D eigenvalue weighted by Crippen LogP contribution is -2.40. The van der Waals surface area contributed by atoms with Crippen LogP contribution in [0.1, 0.15) is 36.9 Å². The molecule has 1 saturated carbocycles. The lowest BCUT2D eigenvalue weighted by atomic mass is 10.1. The summed E-state index contributed by atoms with van der Waals surface area (Å²) in [4.78, 5) is 11.8. The fourth-order valence-corrected chi connectivity index (χ4v) is 2.02. The second kappa shape index (κ2) is 5.61. The number of carbonyl (C=O) groups excluding carboxylic acids is 1. The first-order valence-corrected chi connectivity index (χ1v) is 6.76. The molecule has 104 valence electrons. The third-order valence-corrected chi connectivity index (χ3v) is 3.84. The highest BCUT2D eigenvalue weighted by molar-refractivity contribution is 5.74. The topological polar surface area (TPSA) is 61.4 Å². The van der Waals surface area contributed by atoms with Crippen LogP contribution in [-0.2, 0) is 0 Å². The van der Waals surface area contributed by atoms with Crippen LogP contribution >= 0.6 is 0 Å². The van der Waals surface area contributed by atoms with Crippen molar-refractivity contribution in [2.24, 2.45) is 5.41 Å². The maximum absolute atomic E-state index is 11.8. The monoisotopic (exact) mass is 262 g/mol. The minimum Gasteiger partial charge on any atom is -0.396 e. The Hall–Kier alpha value is -1.55. The summed E-state index contributed by atoms with van der Waals surface area (Å²) >= 11 is 0. The van der Waals surface area contributed by atoms with Gasteiger partial charge in [0.2, 0.25) is 0 Å². The molecule has 1 unspecified atom stereocenters. The van der Waals surface area contributed by atoms with Gasteiger partial charge >= 0.3 is 6.03 Å². The number of rotatable bonds is 5. The number of hydrogen-bond donors (Lipinski definition) is 3. The first-order valence-electron chi connectivity index (χ1n) is 6.76. The standard InChI is InChI=1S/C15H22N2O2/c1-11-3-5-13(6-4-11)12(2)17-14(19)16-9-15(10-18)7-8-15/h3-6,12,18H,7-10H2,1-2H3,(H2,16,17,19). The van der Waals surface area contributed by atoms with E-state index in [2.05, 4.69) is 10.6 Å². The summed E-state index contributed by atoms with van der Waals surface area (Å²) in [5, 5.41) is 14.9. The van der Waals surface area contributed by atoms with Gasteiger partial charge in [0.05, 0.1) is 12.6 Å². The van der Waals surface area contributed by atoms with Crippen LogP contribution in [0.3, 0.4) is 0 Å². The van der Waals surface area contributed by atoms with Gasteiger partial charge in [0.25, 0.3) is 0 Å². The zero-order chi connectivity index (χ0) is 13.9. The van der Waals surface area contributed by atoms with Crippen molar-refractivity contribution >= 4 is 6.03 Å². The fourth-order valence-electron chi connectivity index (χ4n) is 2.02. The van der Waals surface area contributed by atoms with Crippen molar-refractivity contribution in [2.75, 3.05) is 13.2 Å². The molecule has 0 heterocycles. The second-order valence-electron chi connectivity index (χ2n) is 5.62. The predicted octanol–water partition coefficient (Wildman–Crippen LogP) is 2.13. The Morgan fingerprint density at radius 1 is 1.37 bits per heavy atom. The number of aryl methyl sites for hydroxylation is 1. The van der Waals surface area contributed by atoms with E-state index in [0.717, 1.165) is 18.4 Å². The predicted molar refractivity (Wildman–Crippen MR) is 74.9 cm³/mol. The third kappa shape index (κ3) is 3.70. The summed E-state index contributed by atoms with van der Waals surface area (Å²) in [6, 6.07) is 7.93. The van der Waals surface area contributed by atoms with Crippen molar-refractivity contribution in [3.8, 4) is 0 Å². The summed E-state index contributed by atoms with van der Waals surface area (Å²) < 4.78 is 0. The second-order valence-corrected chi connectivity index (χ2v) is 5.62. The highest BCUT2D eigenvalue weighted by atomic mass is 16.3. The first kappa shape index (κ1) is 13.9. The number of amides is 2. The SMILES string of the molecule is Cc1ccc(C(C)NC(=O)NCC2(CO)CC2)cc1. The molecule has 19 heavy (non-hydrogen) atoms. The molecule has 1 fully saturated rings. The lowest BCUT2D eigenvalue weighted by Gasteiger charge is -2.17. The molecule has 0 saturated heterocycles. The highest BCUT2D eigenvalue weighted by Crippen LogP contribution is 2.44. The van der Waals surface area contributed by atoms with Crippen LogP contribution in [0.2, 0.25) is 0 Å². The van der Waals surface area contributed by atoms with Gasteiger partial charge in [-0.2, -0.15) is 0 Å². The van der Waals surface area contributed by atoms with E-state index in [4.69, 9.17) is 0 Å². The maximum Gasteiger partial charge on any atom is 0.315 e. The number of aliphatic hydroxyl groups is 1. The molecule has 2 rings (SSSR count). The zero-order valence-electron chi connectivity index (χ0n) is 11.6. The van der Waals surface area contributed by atoms with Crippen LogP contribution in [0.15, 0.2) is 24.3 Å². The van der Waals surface area contributed by atoms with Gasteiger partial charge in [0.15, 0.2) is 0 Å². The highest BCUT2D eigenvalue weighted by Gasteiger charge is 2.42. The van der Waals surface area contributed by atoms with Crippen molar-refractivity contribution in [2.45, 2.75) is 32.7 Å². The first-order chi connectivity index (χ1) is 9.04. The van der Waals surface area contributed by atoms with Crippen molar-refractivity contribution in [3.05, 3.63) is 35.4 Å². The number of urea groups is 1. The van der Waals surface area contributed by atoms with E-state index in [1.54, 1.807) is 0 Å². The molecule has 2 amide bonds. The molecule has 4 nitrogen and oxygen atoms in total. The number of benzene rings is 1. The molecule has 0 radical (unpaired) electrons. The molecule has 4 heteroatoms. The Balaban J connectivity index is 1.80.